The number of benzene rings is 2. The highest BCUT2D eigenvalue weighted by Crippen LogP contribution is 2.28. The first-order valence-electron chi connectivity index (χ1n) is 8.50. The Morgan fingerprint density at radius 2 is 1.64 bits per heavy atom. The molecule has 0 spiro atoms. The van der Waals surface area contributed by atoms with E-state index in [1.165, 1.54) is 0 Å². The minimum absolute atomic E-state index is 0.139. The van der Waals surface area contributed by atoms with E-state index in [1.54, 1.807) is 4.90 Å². The first-order chi connectivity index (χ1) is 11.9. The lowest BCUT2D eigenvalue weighted by Gasteiger charge is -2.19. The van der Waals surface area contributed by atoms with E-state index in [1.807, 2.05) is 51.1 Å². The van der Waals surface area contributed by atoms with Gasteiger partial charge in [-0.25, -0.2) is 4.79 Å². The number of nitrogens with zero attached hydrogens (tertiary/aromatic N) is 1. The summed E-state index contributed by atoms with van der Waals surface area (Å²) in [5.41, 5.74) is 5.52. The molecule has 0 radical (unpaired) electrons. The Kier molecular flexibility index (Phi) is 4.74. The standard InChI is InChI=1S/C20H23N3O2/c1-13-9-14(2)11-17(10-13)22-20(25)21-16-7-6-15(3)18(12-16)23-8-4-5-19(23)24/h6-7,9-12H,4-5,8H2,1-3H3,(H2,21,22,25). The minimum atomic E-state index is -0.299. The number of urea groups is 1. The maximum Gasteiger partial charge on any atom is 0.323 e. The van der Waals surface area contributed by atoms with Crippen LogP contribution in [0.15, 0.2) is 36.4 Å². The van der Waals surface area contributed by atoms with Crippen molar-refractivity contribution in [1.29, 1.82) is 0 Å². The Hall–Kier alpha value is -2.82. The van der Waals surface area contributed by atoms with Gasteiger partial charge in [0.1, 0.15) is 0 Å². The Balaban J connectivity index is 1.74. The molecule has 1 saturated heterocycles. The van der Waals surface area contributed by atoms with Gasteiger partial charge in [0.25, 0.3) is 0 Å². The Morgan fingerprint density at radius 1 is 0.960 bits per heavy atom. The van der Waals surface area contributed by atoms with Gasteiger partial charge in [-0.2, -0.15) is 0 Å². The molecule has 1 aliphatic rings. The maximum absolute atomic E-state index is 12.3. The molecule has 0 unspecified atom stereocenters. The summed E-state index contributed by atoms with van der Waals surface area (Å²) in [5, 5.41) is 5.70. The Labute approximate surface area is 148 Å². The third kappa shape index (κ3) is 3.99. The molecule has 2 N–H and O–H groups in total. The van der Waals surface area contributed by atoms with Crippen molar-refractivity contribution in [2.75, 3.05) is 22.1 Å². The largest absolute Gasteiger partial charge is 0.323 e. The third-order valence-corrected chi connectivity index (χ3v) is 4.31. The highest BCUT2D eigenvalue weighted by molar-refractivity contribution is 6.01. The predicted octanol–water partition coefficient (Wildman–Crippen LogP) is 4.38. The molecule has 130 valence electrons. The lowest BCUT2D eigenvalue weighted by atomic mass is 10.1. The molecule has 3 amide bonds. The van der Waals surface area contributed by atoms with Gasteiger partial charge in [-0.05, 0) is 68.1 Å². The number of carbonyl (C=O) groups is 2. The zero-order valence-electron chi connectivity index (χ0n) is 14.8. The summed E-state index contributed by atoms with van der Waals surface area (Å²) in [6.07, 6.45) is 1.47. The second-order valence-corrected chi connectivity index (χ2v) is 6.61. The van der Waals surface area contributed by atoms with Crippen molar-refractivity contribution < 1.29 is 9.59 Å². The van der Waals surface area contributed by atoms with Gasteiger partial charge >= 0.3 is 6.03 Å². The van der Waals surface area contributed by atoms with Crippen molar-refractivity contribution in [3.63, 3.8) is 0 Å². The number of aryl methyl sites for hydroxylation is 3. The summed E-state index contributed by atoms with van der Waals surface area (Å²) in [6, 6.07) is 11.2. The summed E-state index contributed by atoms with van der Waals surface area (Å²) >= 11 is 0. The molecule has 5 heteroatoms. The smallest absolute Gasteiger partial charge is 0.312 e. The molecule has 0 aliphatic carbocycles. The van der Waals surface area contributed by atoms with Crippen LogP contribution >= 0.6 is 0 Å². The van der Waals surface area contributed by atoms with Gasteiger partial charge in [0, 0.05) is 30.0 Å². The summed E-state index contributed by atoms with van der Waals surface area (Å²) in [7, 11) is 0. The van der Waals surface area contributed by atoms with Crippen LogP contribution in [0.3, 0.4) is 0 Å². The highest BCUT2D eigenvalue weighted by atomic mass is 16.2. The van der Waals surface area contributed by atoms with E-state index in [0.717, 1.165) is 41.0 Å². The normalized spacial score (nSPS) is 13.9. The summed E-state index contributed by atoms with van der Waals surface area (Å²) < 4.78 is 0. The van der Waals surface area contributed by atoms with Crippen molar-refractivity contribution in [2.45, 2.75) is 33.6 Å². The van der Waals surface area contributed by atoms with E-state index in [0.29, 0.717) is 12.1 Å². The van der Waals surface area contributed by atoms with Gasteiger partial charge in [0.05, 0.1) is 0 Å². The van der Waals surface area contributed by atoms with Gasteiger partial charge < -0.3 is 15.5 Å². The van der Waals surface area contributed by atoms with Crippen molar-refractivity contribution in [1.82, 2.24) is 0 Å². The van der Waals surface area contributed by atoms with E-state index in [-0.39, 0.29) is 11.9 Å². The van der Waals surface area contributed by atoms with Crippen LogP contribution in [-0.2, 0) is 4.79 Å². The van der Waals surface area contributed by atoms with Gasteiger partial charge in [-0.3, -0.25) is 4.79 Å². The van der Waals surface area contributed by atoms with Crippen LogP contribution in [0, 0.1) is 20.8 Å². The number of hydrogen-bond donors (Lipinski definition) is 2. The summed E-state index contributed by atoms with van der Waals surface area (Å²) in [6.45, 7) is 6.70. The van der Waals surface area contributed by atoms with Crippen LogP contribution in [0.4, 0.5) is 21.9 Å². The number of nitrogens with one attached hydrogen (secondary N) is 2. The van der Waals surface area contributed by atoms with Gasteiger partial charge in [-0.1, -0.05) is 12.1 Å². The van der Waals surface area contributed by atoms with Crippen molar-refractivity contribution >= 4 is 29.0 Å². The minimum Gasteiger partial charge on any atom is -0.312 e. The quantitative estimate of drug-likeness (QED) is 0.873. The average Bonchev–Trinajstić information content (AvgIpc) is 2.94. The number of carbonyl (C=O) groups excluding carboxylic acids is 2. The SMILES string of the molecule is Cc1cc(C)cc(NC(=O)Nc2ccc(C)c(N3CCCC3=O)c2)c1. The van der Waals surface area contributed by atoms with Crippen LogP contribution in [0.5, 0.6) is 0 Å². The van der Waals surface area contributed by atoms with E-state index in [9.17, 15) is 9.59 Å². The van der Waals surface area contributed by atoms with Crippen LogP contribution in [-0.4, -0.2) is 18.5 Å². The topological polar surface area (TPSA) is 61.4 Å². The molecule has 0 aromatic heterocycles. The monoisotopic (exact) mass is 337 g/mol. The van der Waals surface area contributed by atoms with Gasteiger partial charge in [0.15, 0.2) is 0 Å². The highest BCUT2D eigenvalue weighted by Gasteiger charge is 2.23. The molecule has 5 nitrogen and oxygen atoms in total. The van der Waals surface area contributed by atoms with Crippen LogP contribution in [0.2, 0.25) is 0 Å². The Morgan fingerprint density at radius 3 is 2.28 bits per heavy atom. The maximum atomic E-state index is 12.3. The van der Waals surface area contributed by atoms with Crippen LogP contribution < -0.4 is 15.5 Å². The molecule has 2 aromatic rings. The lowest BCUT2D eigenvalue weighted by molar-refractivity contribution is -0.117. The lowest BCUT2D eigenvalue weighted by Crippen LogP contribution is -2.25. The molecule has 0 atom stereocenters. The van der Waals surface area contributed by atoms with Crippen molar-refractivity contribution in [3.8, 4) is 0 Å². The fourth-order valence-electron chi connectivity index (χ4n) is 3.22. The van der Waals surface area contributed by atoms with E-state index in [4.69, 9.17) is 0 Å². The van der Waals surface area contributed by atoms with Gasteiger partial charge in [-0.15, -0.1) is 0 Å². The first kappa shape index (κ1) is 17.0. The molecule has 25 heavy (non-hydrogen) atoms. The number of amides is 3. The zero-order valence-corrected chi connectivity index (χ0v) is 14.8. The number of rotatable bonds is 3. The summed E-state index contributed by atoms with van der Waals surface area (Å²) in [4.78, 5) is 26.1. The zero-order chi connectivity index (χ0) is 18.0. The molecular weight excluding hydrogens is 314 g/mol. The van der Waals surface area contributed by atoms with Crippen molar-refractivity contribution in [2.24, 2.45) is 0 Å². The molecular formula is C20H23N3O2. The molecule has 1 fully saturated rings. The van der Waals surface area contributed by atoms with Crippen LogP contribution in [0.1, 0.15) is 29.5 Å². The van der Waals surface area contributed by atoms with E-state index >= 15 is 0 Å². The second-order valence-electron chi connectivity index (χ2n) is 6.61. The predicted molar refractivity (Wildman–Crippen MR) is 101 cm³/mol. The molecule has 0 bridgehead atoms. The summed E-state index contributed by atoms with van der Waals surface area (Å²) in [5.74, 6) is 0.139. The first-order valence-corrected chi connectivity index (χ1v) is 8.50. The number of anilines is 3. The molecule has 1 heterocycles. The third-order valence-electron chi connectivity index (χ3n) is 4.31. The Bertz CT molecular complexity index is 809. The molecule has 0 saturated carbocycles. The second kappa shape index (κ2) is 6.97. The van der Waals surface area contributed by atoms with E-state index in [2.05, 4.69) is 16.7 Å². The van der Waals surface area contributed by atoms with Crippen molar-refractivity contribution in [3.05, 3.63) is 53.1 Å². The van der Waals surface area contributed by atoms with Crippen LogP contribution in [0.25, 0.3) is 0 Å². The average molecular weight is 337 g/mol. The van der Waals surface area contributed by atoms with E-state index < -0.39 is 0 Å². The molecule has 2 aromatic carbocycles. The molecule has 3 rings (SSSR count). The fourth-order valence-corrected chi connectivity index (χ4v) is 3.22. The fraction of sp³-hybridized carbons (Fsp3) is 0.300. The number of hydrogen-bond acceptors (Lipinski definition) is 2. The van der Waals surface area contributed by atoms with Gasteiger partial charge in [0.2, 0.25) is 5.91 Å². The molecule has 1 aliphatic heterocycles.